The first kappa shape index (κ1) is 23.1. The lowest BCUT2D eigenvalue weighted by Gasteiger charge is -2.38. The molecule has 0 spiro atoms. The molecule has 0 aliphatic carbocycles. The van der Waals surface area contributed by atoms with E-state index in [2.05, 4.69) is 34.5 Å². The number of nitrogens with one attached hydrogen (secondary N) is 1. The lowest BCUT2D eigenvalue weighted by atomic mass is 10.0. The molecule has 0 bridgehead atoms. The Morgan fingerprint density at radius 1 is 0.971 bits per heavy atom. The van der Waals surface area contributed by atoms with Crippen LogP contribution in [0.3, 0.4) is 0 Å². The summed E-state index contributed by atoms with van der Waals surface area (Å²) in [4.78, 5) is 17.9. The fourth-order valence-electron chi connectivity index (χ4n) is 4.70. The number of carbonyl (C=O) groups excluding carboxylic acids is 1. The molecule has 1 N–H and O–H groups in total. The number of piperidine rings is 1. The van der Waals surface area contributed by atoms with E-state index in [9.17, 15) is 4.79 Å². The standard InChI is InChI=1S/C28H31N3O4/c1-33-25-10-8-23(9-11-25)29-28(32)31(19-22-7-12-26-27(17-22)35-20-34-26)24-13-15-30(16-14-24)18-21-5-3-2-4-6-21/h2-12,17,24H,13-16,18-20H2,1H3,(H,29,32). The van der Waals surface area contributed by atoms with Crippen LogP contribution in [0.15, 0.2) is 72.8 Å². The van der Waals surface area contributed by atoms with Crippen molar-refractivity contribution >= 4 is 11.7 Å². The average Bonchev–Trinajstić information content (AvgIpc) is 3.37. The fraction of sp³-hybridized carbons (Fsp3) is 0.321. The minimum absolute atomic E-state index is 0.102. The van der Waals surface area contributed by atoms with Crippen LogP contribution >= 0.6 is 0 Å². The molecular formula is C28H31N3O4. The molecule has 7 nitrogen and oxygen atoms in total. The molecule has 2 aliphatic rings. The van der Waals surface area contributed by atoms with E-state index in [0.717, 1.165) is 61.0 Å². The molecule has 35 heavy (non-hydrogen) atoms. The van der Waals surface area contributed by atoms with Crippen LogP contribution in [-0.2, 0) is 13.1 Å². The lowest BCUT2D eigenvalue weighted by molar-refractivity contribution is 0.119. The topological polar surface area (TPSA) is 63.3 Å². The predicted octanol–water partition coefficient (Wildman–Crippen LogP) is 5.12. The van der Waals surface area contributed by atoms with Crippen molar-refractivity contribution in [2.75, 3.05) is 32.3 Å². The summed E-state index contributed by atoms with van der Waals surface area (Å²) in [5.74, 6) is 2.24. The summed E-state index contributed by atoms with van der Waals surface area (Å²) in [6.45, 7) is 3.58. The van der Waals surface area contributed by atoms with E-state index in [1.165, 1.54) is 5.56 Å². The van der Waals surface area contributed by atoms with Crippen molar-refractivity contribution < 1.29 is 19.0 Å². The summed E-state index contributed by atoms with van der Waals surface area (Å²) in [5, 5.41) is 3.08. The second kappa shape index (κ2) is 10.7. The maximum Gasteiger partial charge on any atom is 0.322 e. The SMILES string of the molecule is COc1ccc(NC(=O)N(Cc2ccc3c(c2)OCO3)C2CCN(Cc3ccccc3)CC2)cc1. The zero-order valence-corrected chi connectivity index (χ0v) is 20.0. The van der Waals surface area contributed by atoms with E-state index in [1.54, 1.807) is 7.11 Å². The first-order valence-electron chi connectivity index (χ1n) is 12.0. The Labute approximate surface area is 206 Å². The van der Waals surface area contributed by atoms with Crippen LogP contribution in [0.2, 0.25) is 0 Å². The van der Waals surface area contributed by atoms with Gasteiger partial charge in [0.2, 0.25) is 6.79 Å². The van der Waals surface area contributed by atoms with Crippen LogP contribution in [0.4, 0.5) is 10.5 Å². The normalized spacial score (nSPS) is 15.6. The molecule has 0 saturated carbocycles. The van der Waals surface area contributed by atoms with Crippen LogP contribution in [0, 0.1) is 0 Å². The maximum absolute atomic E-state index is 13.5. The molecule has 0 unspecified atom stereocenters. The van der Waals surface area contributed by atoms with Gasteiger partial charge in [0.25, 0.3) is 0 Å². The van der Waals surface area contributed by atoms with E-state index < -0.39 is 0 Å². The number of rotatable bonds is 7. The Morgan fingerprint density at radius 3 is 2.46 bits per heavy atom. The van der Waals surface area contributed by atoms with Crippen LogP contribution in [0.25, 0.3) is 0 Å². The number of amides is 2. The zero-order chi connectivity index (χ0) is 24.0. The Kier molecular flexibility index (Phi) is 7.04. The summed E-state index contributed by atoms with van der Waals surface area (Å²) in [6.07, 6.45) is 1.85. The second-order valence-electron chi connectivity index (χ2n) is 8.97. The van der Waals surface area contributed by atoms with Gasteiger partial charge in [-0.1, -0.05) is 36.4 Å². The number of benzene rings is 3. The molecule has 0 aromatic heterocycles. The minimum Gasteiger partial charge on any atom is -0.497 e. The van der Waals surface area contributed by atoms with Gasteiger partial charge in [0.05, 0.1) is 7.11 Å². The number of hydrogen-bond acceptors (Lipinski definition) is 5. The summed E-state index contributed by atoms with van der Waals surface area (Å²) in [6, 6.07) is 23.9. The molecule has 7 heteroatoms. The number of methoxy groups -OCH3 is 1. The van der Waals surface area contributed by atoms with E-state index in [4.69, 9.17) is 14.2 Å². The van der Waals surface area contributed by atoms with Crippen molar-refractivity contribution in [2.24, 2.45) is 0 Å². The first-order chi connectivity index (χ1) is 17.2. The third kappa shape index (κ3) is 5.69. The van der Waals surface area contributed by atoms with Crippen molar-refractivity contribution in [2.45, 2.75) is 32.0 Å². The van der Waals surface area contributed by atoms with Gasteiger partial charge in [-0.05, 0) is 60.4 Å². The molecule has 3 aromatic rings. The van der Waals surface area contributed by atoms with E-state index in [1.807, 2.05) is 53.4 Å². The second-order valence-corrected chi connectivity index (χ2v) is 8.97. The van der Waals surface area contributed by atoms with Crippen LogP contribution in [0.1, 0.15) is 24.0 Å². The van der Waals surface area contributed by atoms with Crippen molar-refractivity contribution in [1.29, 1.82) is 0 Å². The van der Waals surface area contributed by atoms with E-state index in [0.29, 0.717) is 6.54 Å². The molecular weight excluding hydrogens is 442 g/mol. The molecule has 0 atom stereocenters. The van der Waals surface area contributed by atoms with Crippen molar-refractivity contribution in [3.63, 3.8) is 0 Å². The Morgan fingerprint density at radius 2 is 1.71 bits per heavy atom. The molecule has 3 aromatic carbocycles. The monoisotopic (exact) mass is 473 g/mol. The van der Waals surface area contributed by atoms with Gasteiger partial charge >= 0.3 is 6.03 Å². The van der Waals surface area contributed by atoms with Gasteiger partial charge < -0.3 is 24.4 Å². The van der Waals surface area contributed by atoms with Crippen LogP contribution in [-0.4, -0.2) is 48.9 Å². The Hall–Kier alpha value is -3.71. The van der Waals surface area contributed by atoms with Crippen molar-refractivity contribution in [3.05, 3.63) is 83.9 Å². The van der Waals surface area contributed by atoms with Gasteiger partial charge in [-0.2, -0.15) is 0 Å². The molecule has 2 heterocycles. The Bertz CT molecular complexity index is 1130. The third-order valence-corrected chi connectivity index (χ3v) is 6.64. The van der Waals surface area contributed by atoms with Gasteiger partial charge in [-0.3, -0.25) is 4.90 Å². The minimum atomic E-state index is -0.102. The lowest BCUT2D eigenvalue weighted by Crippen LogP contribution is -2.48. The van der Waals surface area contributed by atoms with Crippen LogP contribution < -0.4 is 19.5 Å². The quantitative estimate of drug-likeness (QED) is 0.516. The average molecular weight is 474 g/mol. The van der Waals surface area contributed by atoms with E-state index in [-0.39, 0.29) is 18.9 Å². The molecule has 1 saturated heterocycles. The third-order valence-electron chi connectivity index (χ3n) is 6.64. The number of ether oxygens (including phenoxy) is 3. The number of likely N-dealkylation sites (tertiary alicyclic amines) is 1. The highest BCUT2D eigenvalue weighted by atomic mass is 16.7. The van der Waals surface area contributed by atoms with Crippen molar-refractivity contribution in [3.8, 4) is 17.2 Å². The van der Waals surface area contributed by atoms with Gasteiger partial charge in [-0.15, -0.1) is 0 Å². The summed E-state index contributed by atoms with van der Waals surface area (Å²) < 4.78 is 16.2. The molecule has 2 amide bonds. The molecule has 1 fully saturated rings. The fourth-order valence-corrected chi connectivity index (χ4v) is 4.70. The first-order valence-corrected chi connectivity index (χ1v) is 12.0. The summed E-state index contributed by atoms with van der Waals surface area (Å²) >= 11 is 0. The summed E-state index contributed by atoms with van der Waals surface area (Å²) in [7, 11) is 1.63. The van der Waals surface area contributed by atoms with E-state index >= 15 is 0 Å². The number of anilines is 1. The number of fused-ring (bicyclic) bond motifs is 1. The van der Waals surface area contributed by atoms with Crippen LogP contribution in [0.5, 0.6) is 17.2 Å². The maximum atomic E-state index is 13.5. The highest BCUT2D eigenvalue weighted by Gasteiger charge is 2.29. The summed E-state index contributed by atoms with van der Waals surface area (Å²) in [5.41, 5.74) is 3.08. The molecule has 182 valence electrons. The smallest absolute Gasteiger partial charge is 0.322 e. The number of nitrogens with zero attached hydrogens (tertiary/aromatic N) is 2. The number of hydrogen-bond donors (Lipinski definition) is 1. The van der Waals surface area contributed by atoms with Gasteiger partial charge in [0.15, 0.2) is 11.5 Å². The Balaban J connectivity index is 1.29. The molecule has 5 rings (SSSR count). The number of urea groups is 1. The van der Waals surface area contributed by atoms with Crippen molar-refractivity contribution in [1.82, 2.24) is 9.80 Å². The highest BCUT2D eigenvalue weighted by molar-refractivity contribution is 5.89. The largest absolute Gasteiger partial charge is 0.497 e. The molecule has 2 aliphatic heterocycles. The van der Waals surface area contributed by atoms with Gasteiger partial charge in [0.1, 0.15) is 5.75 Å². The predicted molar refractivity (Wildman–Crippen MR) is 135 cm³/mol. The highest BCUT2D eigenvalue weighted by Crippen LogP contribution is 2.33. The molecule has 0 radical (unpaired) electrons. The zero-order valence-electron chi connectivity index (χ0n) is 20.0. The van der Waals surface area contributed by atoms with Gasteiger partial charge in [0, 0.05) is 37.9 Å². The number of carbonyl (C=O) groups is 1. The van der Waals surface area contributed by atoms with Gasteiger partial charge in [-0.25, -0.2) is 4.79 Å².